The van der Waals surface area contributed by atoms with Crippen LogP contribution in [0.15, 0.2) is 18.2 Å². The van der Waals surface area contributed by atoms with Gasteiger partial charge in [-0.15, -0.1) is 0 Å². The molecule has 96 valence electrons. The van der Waals surface area contributed by atoms with Crippen LogP contribution in [0.5, 0.6) is 5.75 Å². The predicted octanol–water partition coefficient (Wildman–Crippen LogP) is 2.08. The summed E-state index contributed by atoms with van der Waals surface area (Å²) in [7, 11) is 0. The van der Waals surface area contributed by atoms with Crippen molar-refractivity contribution in [2.75, 3.05) is 13.2 Å². The maximum Gasteiger partial charge on any atom is 0.127 e. The lowest BCUT2D eigenvalue weighted by Gasteiger charge is -2.18. The summed E-state index contributed by atoms with van der Waals surface area (Å²) in [5.41, 5.74) is -0.0914. The van der Waals surface area contributed by atoms with E-state index < -0.39 is 5.60 Å². The Morgan fingerprint density at radius 1 is 1.35 bits per heavy atom. The Balaban J connectivity index is 2.68. The molecule has 3 nitrogen and oxygen atoms in total. The Labute approximate surface area is 102 Å². The number of aliphatic hydroxyl groups is 1. The fraction of sp³-hybridized carbons (Fsp3) is 0.538. The SMILES string of the molecule is CCNCc1cc(F)cc(OCC(C)(C)O)c1. The molecule has 1 aromatic carbocycles. The molecule has 1 aromatic rings. The van der Waals surface area contributed by atoms with Crippen LogP contribution in [0.4, 0.5) is 4.39 Å². The minimum absolute atomic E-state index is 0.136. The lowest BCUT2D eigenvalue weighted by molar-refractivity contribution is 0.0283. The van der Waals surface area contributed by atoms with Crippen LogP contribution >= 0.6 is 0 Å². The highest BCUT2D eigenvalue weighted by Gasteiger charge is 2.13. The van der Waals surface area contributed by atoms with Crippen molar-refractivity contribution >= 4 is 0 Å². The summed E-state index contributed by atoms with van der Waals surface area (Å²) >= 11 is 0. The molecular formula is C13H20FNO2. The summed E-state index contributed by atoms with van der Waals surface area (Å²) in [6, 6.07) is 4.57. The second-order valence-electron chi connectivity index (χ2n) is 4.68. The second kappa shape index (κ2) is 5.98. The van der Waals surface area contributed by atoms with Crippen LogP contribution in [-0.4, -0.2) is 23.9 Å². The van der Waals surface area contributed by atoms with Crippen LogP contribution < -0.4 is 10.1 Å². The zero-order valence-electron chi connectivity index (χ0n) is 10.6. The Hall–Kier alpha value is -1.13. The first-order valence-corrected chi connectivity index (χ1v) is 5.76. The van der Waals surface area contributed by atoms with Crippen molar-refractivity contribution in [1.82, 2.24) is 5.32 Å². The van der Waals surface area contributed by atoms with Gasteiger partial charge in [-0.25, -0.2) is 4.39 Å². The van der Waals surface area contributed by atoms with E-state index in [4.69, 9.17) is 4.74 Å². The topological polar surface area (TPSA) is 41.5 Å². The summed E-state index contributed by atoms with van der Waals surface area (Å²) in [5.74, 6) is 0.117. The quantitative estimate of drug-likeness (QED) is 0.801. The lowest BCUT2D eigenvalue weighted by atomic mass is 10.1. The first kappa shape index (κ1) is 13.9. The molecular weight excluding hydrogens is 221 g/mol. The molecule has 0 amide bonds. The Morgan fingerprint density at radius 2 is 2.06 bits per heavy atom. The monoisotopic (exact) mass is 241 g/mol. The molecule has 0 radical (unpaired) electrons. The lowest BCUT2D eigenvalue weighted by Crippen LogP contribution is -2.27. The molecule has 0 bridgehead atoms. The third kappa shape index (κ3) is 5.65. The van der Waals surface area contributed by atoms with Gasteiger partial charge in [0.15, 0.2) is 0 Å². The van der Waals surface area contributed by atoms with E-state index in [0.29, 0.717) is 12.3 Å². The molecule has 0 unspecified atom stereocenters. The van der Waals surface area contributed by atoms with E-state index in [1.165, 1.54) is 12.1 Å². The summed E-state index contributed by atoms with van der Waals surface area (Å²) in [6.45, 7) is 6.85. The van der Waals surface area contributed by atoms with Gasteiger partial charge in [-0.2, -0.15) is 0 Å². The Bertz CT molecular complexity index is 361. The van der Waals surface area contributed by atoms with Gasteiger partial charge in [0.2, 0.25) is 0 Å². The zero-order valence-corrected chi connectivity index (χ0v) is 10.6. The van der Waals surface area contributed by atoms with E-state index in [-0.39, 0.29) is 12.4 Å². The maximum absolute atomic E-state index is 13.3. The molecule has 2 N–H and O–H groups in total. The smallest absolute Gasteiger partial charge is 0.127 e. The molecule has 0 saturated carbocycles. The van der Waals surface area contributed by atoms with Gasteiger partial charge in [0.1, 0.15) is 18.2 Å². The average Bonchev–Trinajstić information content (AvgIpc) is 2.22. The van der Waals surface area contributed by atoms with Crippen LogP contribution in [0.1, 0.15) is 26.3 Å². The van der Waals surface area contributed by atoms with Crippen molar-refractivity contribution in [2.45, 2.75) is 32.9 Å². The predicted molar refractivity (Wildman–Crippen MR) is 65.6 cm³/mol. The minimum Gasteiger partial charge on any atom is -0.491 e. The number of rotatable bonds is 6. The van der Waals surface area contributed by atoms with Crippen molar-refractivity contribution in [3.63, 3.8) is 0 Å². The fourth-order valence-electron chi connectivity index (χ4n) is 1.34. The third-order valence-corrected chi connectivity index (χ3v) is 2.10. The van der Waals surface area contributed by atoms with Crippen molar-refractivity contribution in [3.8, 4) is 5.75 Å². The molecule has 0 saturated heterocycles. The van der Waals surface area contributed by atoms with Gasteiger partial charge in [-0.3, -0.25) is 0 Å². The van der Waals surface area contributed by atoms with Gasteiger partial charge in [-0.1, -0.05) is 6.92 Å². The number of hydrogen-bond acceptors (Lipinski definition) is 3. The van der Waals surface area contributed by atoms with Crippen LogP contribution in [-0.2, 0) is 6.54 Å². The van der Waals surface area contributed by atoms with Gasteiger partial charge in [-0.05, 0) is 38.1 Å². The van der Waals surface area contributed by atoms with Gasteiger partial charge in [0.25, 0.3) is 0 Å². The first-order chi connectivity index (χ1) is 7.90. The van der Waals surface area contributed by atoms with E-state index in [1.54, 1.807) is 19.9 Å². The van der Waals surface area contributed by atoms with E-state index in [9.17, 15) is 9.50 Å². The van der Waals surface area contributed by atoms with Crippen LogP contribution in [0, 0.1) is 5.82 Å². The highest BCUT2D eigenvalue weighted by molar-refractivity contribution is 5.29. The van der Waals surface area contributed by atoms with E-state index in [2.05, 4.69) is 5.32 Å². The summed E-state index contributed by atoms with van der Waals surface area (Å²) in [5, 5.41) is 12.6. The molecule has 17 heavy (non-hydrogen) atoms. The van der Waals surface area contributed by atoms with Crippen molar-refractivity contribution in [1.29, 1.82) is 0 Å². The number of ether oxygens (including phenoxy) is 1. The average molecular weight is 241 g/mol. The molecule has 0 fully saturated rings. The highest BCUT2D eigenvalue weighted by Crippen LogP contribution is 2.17. The largest absolute Gasteiger partial charge is 0.491 e. The minimum atomic E-state index is -0.922. The Kier molecular flexibility index (Phi) is 4.90. The molecule has 0 heterocycles. The van der Waals surface area contributed by atoms with E-state index in [1.807, 2.05) is 6.92 Å². The number of benzene rings is 1. The number of nitrogens with one attached hydrogen (secondary N) is 1. The molecule has 0 aliphatic rings. The van der Waals surface area contributed by atoms with Crippen LogP contribution in [0.3, 0.4) is 0 Å². The number of hydrogen-bond donors (Lipinski definition) is 2. The molecule has 0 aliphatic carbocycles. The van der Waals surface area contributed by atoms with Crippen molar-refractivity contribution in [2.24, 2.45) is 0 Å². The van der Waals surface area contributed by atoms with Gasteiger partial charge in [0, 0.05) is 12.6 Å². The van der Waals surface area contributed by atoms with Crippen LogP contribution in [0.2, 0.25) is 0 Å². The molecule has 4 heteroatoms. The summed E-state index contributed by atoms with van der Waals surface area (Å²) in [6.07, 6.45) is 0. The zero-order chi connectivity index (χ0) is 12.9. The maximum atomic E-state index is 13.3. The summed E-state index contributed by atoms with van der Waals surface area (Å²) in [4.78, 5) is 0. The standard InChI is InChI=1S/C13H20FNO2/c1-4-15-8-10-5-11(14)7-12(6-10)17-9-13(2,3)16/h5-7,15-16H,4,8-9H2,1-3H3. The fourth-order valence-corrected chi connectivity index (χ4v) is 1.34. The van der Waals surface area contributed by atoms with Crippen molar-refractivity contribution in [3.05, 3.63) is 29.6 Å². The summed E-state index contributed by atoms with van der Waals surface area (Å²) < 4.78 is 18.7. The van der Waals surface area contributed by atoms with Crippen LogP contribution in [0.25, 0.3) is 0 Å². The van der Waals surface area contributed by atoms with E-state index in [0.717, 1.165) is 12.1 Å². The first-order valence-electron chi connectivity index (χ1n) is 5.76. The highest BCUT2D eigenvalue weighted by atomic mass is 19.1. The molecule has 0 spiro atoms. The van der Waals surface area contributed by atoms with Gasteiger partial charge < -0.3 is 15.2 Å². The molecule has 0 aliphatic heterocycles. The molecule has 0 atom stereocenters. The van der Waals surface area contributed by atoms with E-state index >= 15 is 0 Å². The van der Waals surface area contributed by atoms with Crippen molar-refractivity contribution < 1.29 is 14.2 Å². The Morgan fingerprint density at radius 3 is 2.65 bits per heavy atom. The number of halogens is 1. The normalized spacial score (nSPS) is 11.6. The molecule has 1 rings (SSSR count). The molecule has 0 aromatic heterocycles. The second-order valence-corrected chi connectivity index (χ2v) is 4.68. The van der Waals surface area contributed by atoms with Gasteiger partial charge in [0.05, 0.1) is 5.60 Å². The van der Waals surface area contributed by atoms with Gasteiger partial charge >= 0.3 is 0 Å². The third-order valence-electron chi connectivity index (χ3n) is 2.10.